The van der Waals surface area contributed by atoms with E-state index in [0.717, 1.165) is 5.56 Å². The normalized spacial score (nSPS) is 22.1. The Morgan fingerprint density at radius 1 is 0.955 bits per heavy atom. The molecule has 3 nitrogen and oxygen atoms in total. The third-order valence-electron chi connectivity index (χ3n) is 5.06. The molecule has 0 aliphatic carbocycles. The molecule has 0 aromatic heterocycles. The second-order valence-electron chi connectivity index (χ2n) is 7.25. The van der Waals surface area contributed by atoms with E-state index < -0.39 is 8.32 Å². The van der Waals surface area contributed by atoms with Crippen LogP contribution >= 0.6 is 0 Å². The summed E-state index contributed by atoms with van der Waals surface area (Å²) in [6.45, 7) is 13.5. The Hall–Kier alpha value is -1.13. The van der Waals surface area contributed by atoms with Crippen LogP contribution in [0.1, 0.15) is 53.1 Å². The number of rotatable bonds is 6. The molecule has 1 aliphatic rings. The van der Waals surface area contributed by atoms with E-state index >= 15 is 0 Å². The van der Waals surface area contributed by atoms with Crippen molar-refractivity contribution in [3.05, 3.63) is 35.9 Å². The molecule has 1 aromatic carbocycles. The van der Waals surface area contributed by atoms with Gasteiger partial charge in [0.05, 0.1) is 6.04 Å². The summed E-state index contributed by atoms with van der Waals surface area (Å²) in [6, 6.07) is 10.1. The quantitative estimate of drug-likeness (QED) is 0.622. The van der Waals surface area contributed by atoms with Crippen molar-refractivity contribution in [2.24, 2.45) is 0 Å². The minimum atomic E-state index is -2.04. The van der Waals surface area contributed by atoms with Gasteiger partial charge in [0.25, 0.3) is 5.91 Å². The molecule has 4 heteroatoms. The molecule has 1 fully saturated rings. The first-order valence-corrected chi connectivity index (χ1v) is 10.5. The zero-order valence-electron chi connectivity index (χ0n) is 14.6. The van der Waals surface area contributed by atoms with Gasteiger partial charge < -0.3 is 9.74 Å². The van der Waals surface area contributed by atoms with Crippen LogP contribution in [0.15, 0.2) is 30.3 Å². The Balaban J connectivity index is 2.27. The maximum atomic E-state index is 12.1. The van der Waals surface area contributed by atoms with Gasteiger partial charge in [-0.1, -0.05) is 71.9 Å². The molecule has 1 aliphatic heterocycles. The average Bonchev–Trinajstić information content (AvgIpc) is 2.45. The van der Waals surface area contributed by atoms with E-state index in [2.05, 4.69) is 59.0 Å². The first-order chi connectivity index (χ1) is 10.3. The van der Waals surface area contributed by atoms with E-state index in [9.17, 15) is 4.79 Å². The highest BCUT2D eigenvalue weighted by Gasteiger charge is 2.52. The number of nitrogens with one attached hydrogen (secondary N) is 1. The molecule has 22 heavy (non-hydrogen) atoms. The van der Waals surface area contributed by atoms with Crippen LogP contribution in [0.4, 0.5) is 0 Å². The zero-order chi connectivity index (χ0) is 16.5. The molecule has 2 atom stereocenters. The van der Waals surface area contributed by atoms with Crippen LogP contribution in [-0.4, -0.2) is 20.3 Å². The van der Waals surface area contributed by atoms with E-state index in [4.69, 9.17) is 4.43 Å². The van der Waals surface area contributed by atoms with Crippen molar-refractivity contribution in [1.29, 1.82) is 0 Å². The molecule has 0 radical (unpaired) electrons. The molecule has 1 amide bonds. The highest BCUT2D eigenvalue weighted by molar-refractivity contribution is 6.77. The van der Waals surface area contributed by atoms with Gasteiger partial charge in [-0.25, -0.2) is 0 Å². The molecule has 0 spiro atoms. The van der Waals surface area contributed by atoms with Crippen LogP contribution in [0.2, 0.25) is 16.6 Å². The van der Waals surface area contributed by atoms with Gasteiger partial charge in [0.15, 0.2) is 0 Å². The summed E-state index contributed by atoms with van der Waals surface area (Å²) in [4.78, 5) is 12.1. The Bertz CT molecular complexity index is 491. The first-order valence-electron chi connectivity index (χ1n) is 8.33. The number of carbonyl (C=O) groups is 1. The number of β-lactam (4-membered cyclic amide) rings is 1. The Morgan fingerprint density at radius 2 is 1.45 bits per heavy atom. The van der Waals surface area contributed by atoms with Gasteiger partial charge in [0, 0.05) is 0 Å². The van der Waals surface area contributed by atoms with Crippen molar-refractivity contribution in [1.82, 2.24) is 5.32 Å². The summed E-state index contributed by atoms with van der Waals surface area (Å²) < 4.78 is 6.66. The van der Waals surface area contributed by atoms with E-state index in [1.165, 1.54) is 0 Å². The average molecular weight is 320 g/mol. The molecule has 0 bridgehead atoms. The number of amides is 1. The summed E-state index contributed by atoms with van der Waals surface area (Å²) in [7, 11) is -2.04. The first kappa shape index (κ1) is 17.2. The maximum absolute atomic E-state index is 12.1. The lowest BCUT2D eigenvalue weighted by atomic mass is 9.94. The molecule has 1 heterocycles. The Labute approximate surface area is 135 Å². The van der Waals surface area contributed by atoms with Crippen LogP contribution in [0.5, 0.6) is 0 Å². The van der Waals surface area contributed by atoms with Crippen LogP contribution in [0, 0.1) is 0 Å². The second kappa shape index (κ2) is 6.55. The smallest absolute Gasteiger partial charge is 0.251 e. The second-order valence-corrected chi connectivity index (χ2v) is 12.7. The lowest BCUT2D eigenvalue weighted by molar-refractivity contribution is -0.141. The van der Waals surface area contributed by atoms with Crippen molar-refractivity contribution in [2.45, 2.75) is 70.3 Å². The van der Waals surface area contributed by atoms with Gasteiger partial charge in [-0.3, -0.25) is 4.79 Å². The highest BCUT2D eigenvalue weighted by atomic mass is 28.4. The number of carbonyl (C=O) groups excluding carboxylic acids is 1. The Kier molecular flexibility index (Phi) is 5.13. The fourth-order valence-corrected chi connectivity index (χ4v) is 9.53. The predicted molar refractivity (Wildman–Crippen MR) is 93.2 cm³/mol. The molecule has 2 unspecified atom stereocenters. The molecule has 1 saturated heterocycles. The van der Waals surface area contributed by atoms with Crippen LogP contribution in [0.25, 0.3) is 0 Å². The monoisotopic (exact) mass is 319 g/mol. The summed E-state index contributed by atoms with van der Waals surface area (Å²) in [5, 5.41) is 3.01. The lowest BCUT2D eigenvalue weighted by Crippen LogP contribution is -2.63. The summed E-state index contributed by atoms with van der Waals surface area (Å²) >= 11 is 0. The van der Waals surface area contributed by atoms with Gasteiger partial charge in [0.2, 0.25) is 8.32 Å². The lowest BCUT2D eigenvalue weighted by Gasteiger charge is -2.48. The molecule has 2 rings (SSSR count). The van der Waals surface area contributed by atoms with Crippen molar-refractivity contribution in [2.75, 3.05) is 0 Å². The van der Waals surface area contributed by atoms with Gasteiger partial charge in [0.1, 0.15) is 6.10 Å². The third kappa shape index (κ3) is 2.86. The topological polar surface area (TPSA) is 38.3 Å². The van der Waals surface area contributed by atoms with Crippen LogP contribution < -0.4 is 5.32 Å². The van der Waals surface area contributed by atoms with E-state index in [1.54, 1.807) is 0 Å². The van der Waals surface area contributed by atoms with E-state index in [1.807, 2.05) is 18.2 Å². The van der Waals surface area contributed by atoms with Crippen molar-refractivity contribution in [3.63, 3.8) is 0 Å². The van der Waals surface area contributed by atoms with Crippen molar-refractivity contribution in [3.8, 4) is 0 Å². The predicted octanol–water partition coefficient (Wildman–Crippen LogP) is 4.42. The third-order valence-corrected chi connectivity index (χ3v) is 11.1. The van der Waals surface area contributed by atoms with Crippen molar-refractivity contribution >= 4 is 14.2 Å². The molecular weight excluding hydrogens is 290 g/mol. The summed E-state index contributed by atoms with van der Waals surface area (Å²) in [6.07, 6.45) is -0.332. The molecule has 122 valence electrons. The number of hydrogen-bond acceptors (Lipinski definition) is 2. The minimum absolute atomic E-state index is 0.00294. The van der Waals surface area contributed by atoms with E-state index in [0.29, 0.717) is 16.6 Å². The number of hydrogen-bond donors (Lipinski definition) is 1. The Morgan fingerprint density at radius 3 is 1.86 bits per heavy atom. The standard InChI is InChI=1S/C18H29NO2Si/c1-12(2)22(13(3)4,14(5)6)21-17-16(19-18(17)20)15-10-8-7-9-11-15/h7-14,16-17H,1-6H3,(H,19,20). The molecule has 1 N–H and O–H groups in total. The van der Waals surface area contributed by atoms with Gasteiger partial charge in [-0.15, -0.1) is 0 Å². The highest BCUT2D eigenvalue weighted by Crippen LogP contribution is 2.45. The fourth-order valence-electron chi connectivity index (χ4n) is 4.03. The SMILES string of the molecule is CC(C)[Si](OC1C(=O)NC1c1ccccc1)(C(C)C)C(C)C. The number of benzene rings is 1. The van der Waals surface area contributed by atoms with Gasteiger partial charge in [-0.2, -0.15) is 0 Å². The van der Waals surface area contributed by atoms with Crippen LogP contribution in [0.3, 0.4) is 0 Å². The molecular formula is C18H29NO2Si. The van der Waals surface area contributed by atoms with Gasteiger partial charge >= 0.3 is 0 Å². The fraction of sp³-hybridized carbons (Fsp3) is 0.611. The summed E-state index contributed by atoms with van der Waals surface area (Å²) in [5.74, 6) is 0.0349. The van der Waals surface area contributed by atoms with Crippen LogP contribution in [-0.2, 0) is 9.22 Å². The van der Waals surface area contributed by atoms with Crippen molar-refractivity contribution < 1.29 is 9.22 Å². The molecule has 1 aromatic rings. The van der Waals surface area contributed by atoms with Gasteiger partial charge in [-0.05, 0) is 22.2 Å². The maximum Gasteiger partial charge on any atom is 0.251 e. The minimum Gasteiger partial charge on any atom is -0.402 e. The summed E-state index contributed by atoms with van der Waals surface area (Å²) in [5.41, 5.74) is 2.58. The van der Waals surface area contributed by atoms with E-state index in [-0.39, 0.29) is 18.1 Å². The largest absolute Gasteiger partial charge is 0.402 e. The zero-order valence-corrected chi connectivity index (χ0v) is 15.6. The molecule has 0 saturated carbocycles.